The number of nitrogens with one attached hydrogen (secondary N) is 1. The van der Waals surface area contributed by atoms with Crippen LogP contribution in [0, 0.1) is 0 Å². The lowest BCUT2D eigenvalue weighted by Crippen LogP contribution is -2.26. The van der Waals surface area contributed by atoms with Gasteiger partial charge in [-0.05, 0) is 36.2 Å². The molecule has 0 radical (unpaired) electrons. The molecule has 0 unspecified atom stereocenters. The molecule has 1 amide bonds. The molecule has 0 aliphatic heterocycles. The minimum atomic E-state index is -0.327. The number of nitrogens with two attached hydrogens (primary N) is 1. The number of hydrogen-bond acceptors (Lipinski definition) is 6. The fourth-order valence-electron chi connectivity index (χ4n) is 2.33. The van der Waals surface area contributed by atoms with Gasteiger partial charge in [-0.25, -0.2) is 0 Å². The van der Waals surface area contributed by atoms with E-state index in [9.17, 15) is 4.79 Å². The van der Waals surface area contributed by atoms with E-state index < -0.39 is 0 Å². The van der Waals surface area contributed by atoms with Gasteiger partial charge in [0.25, 0.3) is 5.91 Å². The lowest BCUT2D eigenvalue weighted by Gasteiger charge is -2.06. The van der Waals surface area contributed by atoms with Crippen molar-refractivity contribution in [1.29, 1.82) is 0 Å². The van der Waals surface area contributed by atoms with Crippen molar-refractivity contribution in [2.45, 2.75) is 6.42 Å². The first-order chi connectivity index (χ1) is 12.1. The first-order valence-electron chi connectivity index (χ1n) is 7.50. The van der Waals surface area contributed by atoms with E-state index in [1.54, 1.807) is 19.2 Å². The summed E-state index contributed by atoms with van der Waals surface area (Å²) in [5.74, 6) is 0.456. The molecule has 8 heteroatoms. The van der Waals surface area contributed by atoms with Crippen LogP contribution >= 0.6 is 22.9 Å². The van der Waals surface area contributed by atoms with E-state index in [-0.39, 0.29) is 17.4 Å². The maximum atomic E-state index is 12.5. The molecule has 3 aromatic rings. The van der Waals surface area contributed by atoms with E-state index in [1.165, 1.54) is 11.3 Å². The number of methoxy groups -OCH3 is 1. The summed E-state index contributed by atoms with van der Waals surface area (Å²) in [5, 5.41) is 6.72. The Labute approximate surface area is 153 Å². The Morgan fingerprint density at radius 2 is 2.08 bits per heavy atom. The third-order valence-corrected chi connectivity index (χ3v) is 4.85. The standard InChI is InChI=1S/C17H16ClN3O3S/c1-23-11-4-2-10(3-5-11)8-9-20-17(22)14-15(21-24-16(14)19)12-6-7-13(18)25-12/h2-7H,8-9,19H2,1H3,(H,20,22). The maximum absolute atomic E-state index is 12.5. The zero-order valence-electron chi connectivity index (χ0n) is 13.4. The van der Waals surface area contributed by atoms with Crippen LogP contribution in [-0.2, 0) is 6.42 Å². The number of ether oxygens (including phenoxy) is 1. The van der Waals surface area contributed by atoms with Crippen LogP contribution in [0.2, 0.25) is 4.34 Å². The van der Waals surface area contributed by atoms with Gasteiger partial charge in [-0.2, -0.15) is 0 Å². The van der Waals surface area contributed by atoms with Crippen LogP contribution in [0.25, 0.3) is 10.6 Å². The van der Waals surface area contributed by atoms with Crippen molar-refractivity contribution >= 4 is 34.7 Å². The van der Waals surface area contributed by atoms with Crippen LogP contribution in [-0.4, -0.2) is 24.7 Å². The molecule has 3 rings (SSSR count). The van der Waals surface area contributed by atoms with Gasteiger partial charge in [0.1, 0.15) is 17.0 Å². The highest BCUT2D eigenvalue weighted by molar-refractivity contribution is 7.19. The molecular weight excluding hydrogens is 362 g/mol. The lowest BCUT2D eigenvalue weighted by molar-refractivity contribution is 0.0955. The number of hydrogen-bond donors (Lipinski definition) is 2. The number of aromatic nitrogens is 1. The number of thiophene rings is 1. The van der Waals surface area contributed by atoms with Gasteiger partial charge in [-0.1, -0.05) is 28.9 Å². The van der Waals surface area contributed by atoms with Crippen molar-refractivity contribution in [2.24, 2.45) is 0 Å². The average molecular weight is 378 g/mol. The van der Waals surface area contributed by atoms with Crippen LogP contribution < -0.4 is 15.8 Å². The Kier molecular flexibility index (Phi) is 5.25. The van der Waals surface area contributed by atoms with E-state index in [1.807, 2.05) is 24.3 Å². The van der Waals surface area contributed by atoms with Crippen LogP contribution in [0.1, 0.15) is 15.9 Å². The SMILES string of the molecule is COc1ccc(CCNC(=O)c2c(-c3ccc(Cl)s3)noc2N)cc1. The fourth-order valence-corrected chi connectivity index (χ4v) is 3.36. The van der Waals surface area contributed by atoms with Crippen molar-refractivity contribution in [2.75, 3.05) is 19.4 Å². The van der Waals surface area contributed by atoms with E-state index in [4.69, 9.17) is 26.6 Å². The van der Waals surface area contributed by atoms with Gasteiger partial charge in [-0.3, -0.25) is 4.79 Å². The topological polar surface area (TPSA) is 90.4 Å². The molecular formula is C17H16ClN3O3S. The minimum absolute atomic E-state index is 0.0125. The average Bonchev–Trinajstić information content (AvgIpc) is 3.21. The van der Waals surface area contributed by atoms with Crippen LogP contribution in [0.4, 0.5) is 5.88 Å². The maximum Gasteiger partial charge on any atom is 0.259 e. The largest absolute Gasteiger partial charge is 0.497 e. The molecule has 25 heavy (non-hydrogen) atoms. The number of rotatable bonds is 6. The second-order valence-corrected chi connectivity index (χ2v) is 6.94. The summed E-state index contributed by atoms with van der Waals surface area (Å²) < 4.78 is 10.7. The molecule has 3 N–H and O–H groups in total. The summed E-state index contributed by atoms with van der Waals surface area (Å²) >= 11 is 7.25. The quantitative estimate of drug-likeness (QED) is 0.684. The predicted octanol–water partition coefficient (Wildman–Crippen LogP) is 3.62. The number of amides is 1. The smallest absolute Gasteiger partial charge is 0.259 e. The molecule has 0 saturated carbocycles. The third-order valence-electron chi connectivity index (χ3n) is 3.61. The molecule has 0 fully saturated rings. The minimum Gasteiger partial charge on any atom is -0.497 e. The zero-order valence-corrected chi connectivity index (χ0v) is 15.0. The lowest BCUT2D eigenvalue weighted by atomic mass is 10.1. The van der Waals surface area contributed by atoms with Gasteiger partial charge < -0.3 is 20.3 Å². The first-order valence-corrected chi connectivity index (χ1v) is 8.70. The van der Waals surface area contributed by atoms with Gasteiger partial charge in [0, 0.05) is 6.54 Å². The highest BCUT2D eigenvalue weighted by Gasteiger charge is 2.23. The Morgan fingerprint density at radius 1 is 1.32 bits per heavy atom. The van der Waals surface area contributed by atoms with E-state index in [0.29, 0.717) is 23.0 Å². The molecule has 0 bridgehead atoms. The normalized spacial score (nSPS) is 10.6. The number of carbonyl (C=O) groups excluding carboxylic acids is 1. The van der Waals surface area contributed by atoms with Gasteiger partial charge >= 0.3 is 0 Å². The highest BCUT2D eigenvalue weighted by atomic mass is 35.5. The van der Waals surface area contributed by atoms with E-state index >= 15 is 0 Å². The zero-order chi connectivity index (χ0) is 17.8. The van der Waals surface area contributed by atoms with Gasteiger partial charge in [0.05, 0.1) is 16.3 Å². The number of nitrogen functional groups attached to an aromatic ring is 1. The molecule has 2 heterocycles. The van der Waals surface area contributed by atoms with E-state index in [0.717, 1.165) is 16.2 Å². The number of anilines is 1. The summed E-state index contributed by atoms with van der Waals surface area (Å²) in [6, 6.07) is 11.2. The van der Waals surface area contributed by atoms with Crippen LogP contribution in [0.15, 0.2) is 40.9 Å². The van der Waals surface area contributed by atoms with Crippen molar-refractivity contribution in [3.05, 3.63) is 51.9 Å². The summed E-state index contributed by atoms with van der Waals surface area (Å²) in [4.78, 5) is 13.2. The second-order valence-electron chi connectivity index (χ2n) is 5.23. The molecule has 0 atom stereocenters. The molecule has 1 aromatic carbocycles. The Morgan fingerprint density at radius 3 is 2.72 bits per heavy atom. The van der Waals surface area contributed by atoms with Crippen molar-refractivity contribution in [3.63, 3.8) is 0 Å². The van der Waals surface area contributed by atoms with E-state index in [2.05, 4.69) is 10.5 Å². The number of halogens is 1. The third kappa shape index (κ3) is 3.94. The Balaban J connectivity index is 1.66. The first kappa shape index (κ1) is 17.3. The number of nitrogens with zero attached hydrogens (tertiary/aromatic N) is 1. The molecule has 0 spiro atoms. The monoisotopic (exact) mass is 377 g/mol. The predicted molar refractivity (Wildman–Crippen MR) is 98.3 cm³/mol. The molecule has 6 nitrogen and oxygen atoms in total. The number of benzene rings is 1. The van der Waals surface area contributed by atoms with Gasteiger partial charge in [0.2, 0.25) is 5.88 Å². The molecule has 130 valence electrons. The van der Waals surface area contributed by atoms with Crippen LogP contribution in [0.3, 0.4) is 0 Å². The molecule has 0 aliphatic carbocycles. The molecule has 0 saturated heterocycles. The fraction of sp³-hybridized carbons (Fsp3) is 0.176. The summed E-state index contributed by atoms with van der Waals surface area (Å²) in [6.45, 7) is 0.459. The summed E-state index contributed by atoms with van der Waals surface area (Å²) in [5.41, 5.74) is 7.49. The summed E-state index contributed by atoms with van der Waals surface area (Å²) in [7, 11) is 1.62. The summed E-state index contributed by atoms with van der Waals surface area (Å²) in [6.07, 6.45) is 0.682. The molecule has 2 aromatic heterocycles. The Bertz CT molecular complexity index is 874. The highest BCUT2D eigenvalue weighted by Crippen LogP contribution is 2.34. The van der Waals surface area contributed by atoms with Gasteiger partial charge in [0.15, 0.2) is 0 Å². The Hall–Kier alpha value is -2.51. The van der Waals surface area contributed by atoms with Crippen molar-refractivity contribution in [1.82, 2.24) is 10.5 Å². The molecule has 0 aliphatic rings. The van der Waals surface area contributed by atoms with Crippen LogP contribution in [0.5, 0.6) is 5.75 Å². The van der Waals surface area contributed by atoms with Crippen molar-refractivity contribution in [3.8, 4) is 16.3 Å². The van der Waals surface area contributed by atoms with Gasteiger partial charge in [-0.15, -0.1) is 11.3 Å². The number of carbonyl (C=O) groups is 1. The second kappa shape index (κ2) is 7.58. The van der Waals surface area contributed by atoms with Crippen molar-refractivity contribution < 1.29 is 14.1 Å².